The predicted octanol–water partition coefficient (Wildman–Crippen LogP) is 3.81. The standard InChI is InChI=1S/C18H19N5OS2/c1-13-7-9-14(10-8-13)23-18(20-21-22-23)26-12-11-17(24)19-15-5-3-4-6-16(15)25-2/h3-10H,11-12H2,1-2H3,(H,19,24). The molecule has 3 aromatic rings. The molecule has 0 aliphatic carbocycles. The van der Waals surface area contributed by atoms with E-state index < -0.39 is 0 Å². The Hall–Kier alpha value is -2.32. The molecule has 6 nitrogen and oxygen atoms in total. The summed E-state index contributed by atoms with van der Waals surface area (Å²) in [4.78, 5) is 13.3. The summed E-state index contributed by atoms with van der Waals surface area (Å²) < 4.78 is 1.69. The molecule has 0 bridgehead atoms. The van der Waals surface area contributed by atoms with Crippen LogP contribution in [0.4, 0.5) is 5.69 Å². The van der Waals surface area contributed by atoms with Crippen molar-refractivity contribution >= 4 is 35.1 Å². The lowest BCUT2D eigenvalue weighted by Gasteiger charge is -2.09. The Bertz CT molecular complexity index is 879. The fourth-order valence-electron chi connectivity index (χ4n) is 2.31. The number of carbonyl (C=O) groups excluding carboxylic acids is 1. The molecule has 26 heavy (non-hydrogen) atoms. The molecule has 1 N–H and O–H groups in total. The molecule has 0 saturated carbocycles. The van der Waals surface area contributed by atoms with Crippen molar-refractivity contribution in [1.82, 2.24) is 20.2 Å². The fraction of sp³-hybridized carbons (Fsp3) is 0.222. The van der Waals surface area contributed by atoms with Gasteiger partial charge in [0.25, 0.3) is 0 Å². The highest BCUT2D eigenvalue weighted by Gasteiger charge is 2.11. The summed E-state index contributed by atoms with van der Waals surface area (Å²) in [7, 11) is 0. The number of amides is 1. The zero-order valence-corrected chi connectivity index (χ0v) is 16.2. The van der Waals surface area contributed by atoms with Crippen LogP contribution in [0.2, 0.25) is 0 Å². The Kier molecular flexibility index (Phi) is 6.30. The maximum absolute atomic E-state index is 12.2. The van der Waals surface area contributed by atoms with Gasteiger partial charge in [-0.05, 0) is 47.9 Å². The number of aryl methyl sites for hydroxylation is 1. The highest BCUT2D eigenvalue weighted by atomic mass is 32.2. The Labute approximate surface area is 160 Å². The monoisotopic (exact) mass is 385 g/mol. The summed E-state index contributed by atoms with van der Waals surface area (Å²) in [6.45, 7) is 2.03. The van der Waals surface area contributed by atoms with Gasteiger partial charge in [0.2, 0.25) is 11.1 Å². The van der Waals surface area contributed by atoms with Crippen molar-refractivity contribution in [2.75, 3.05) is 17.3 Å². The van der Waals surface area contributed by atoms with Gasteiger partial charge < -0.3 is 5.32 Å². The lowest BCUT2D eigenvalue weighted by molar-refractivity contribution is -0.115. The number of carbonyl (C=O) groups is 1. The number of hydrogen-bond acceptors (Lipinski definition) is 6. The van der Waals surface area contributed by atoms with E-state index in [0.717, 1.165) is 16.3 Å². The molecule has 2 aromatic carbocycles. The molecule has 0 radical (unpaired) electrons. The van der Waals surface area contributed by atoms with Gasteiger partial charge in [0.1, 0.15) is 0 Å². The van der Waals surface area contributed by atoms with E-state index >= 15 is 0 Å². The molecule has 3 rings (SSSR count). The number of nitrogens with one attached hydrogen (secondary N) is 1. The predicted molar refractivity (Wildman–Crippen MR) is 106 cm³/mol. The number of tetrazole rings is 1. The van der Waals surface area contributed by atoms with E-state index in [4.69, 9.17) is 0 Å². The van der Waals surface area contributed by atoms with Gasteiger partial charge in [-0.25, -0.2) is 0 Å². The lowest BCUT2D eigenvalue weighted by atomic mass is 10.2. The summed E-state index contributed by atoms with van der Waals surface area (Å²) in [5, 5.41) is 15.5. The number of para-hydroxylation sites is 1. The number of rotatable bonds is 7. The molecule has 0 atom stereocenters. The van der Waals surface area contributed by atoms with Crippen LogP contribution >= 0.6 is 23.5 Å². The zero-order valence-electron chi connectivity index (χ0n) is 14.5. The number of aromatic nitrogens is 4. The number of hydrogen-bond donors (Lipinski definition) is 1. The molecule has 8 heteroatoms. The van der Waals surface area contributed by atoms with Gasteiger partial charge in [0, 0.05) is 17.1 Å². The molecule has 0 spiro atoms. The summed E-state index contributed by atoms with van der Waals surface area (Å²) in [6, 6.07) is 15.8. The van der Waals surface area contributed by atoms with Gasteiger partial charge in [-0.15, -0.1) is 16.9 Å². The van der Waals surface area contributed by atoms with Crippen LogP contribution in [0.25, 0.3) is 5.69 Å². The molecule has 0 aliphatic heterocycles. The second-order valence-electron chi connectivity index (χ2n) is 5.56. The van der Waals surface area contributed by atoms with Crippen LogP contribution in [-0.4, -0.2) is 38.1 Å². The summed E-state index contributed by atoms with van der Waals surface area (Å²) in [6.07, 6.45) is 2.37. The first kappa shape index (κ1) is 18.5. The van der Waals surface area contributed by atoms with Crippen LogP contribution in [0.15, 0.2) is 58.6 Å². The molecule has 0 aliphatic rings. The van der Waals surface area contributed by atoms with E-state index in [0.29, 0.717) is 17.3 Å². The van der Waals surface area contributed by atoms with Crippen molar-refractivity contribution in [2.24, 2.45) is 0 Å². The molecule has 0 unspecified atom stereocenters. The number of nitrogens with zero attached hydrogens (tertiary/aromatic N) is 4. The van der Waals surface area contributed by atoms with Gasteiger partial charge >= 0.3 is 0 Å². The van der Waals surface area contributed by atoms with Crippen LogP contribution in [0, 0.1) is 6.92 Å². The topological polar surface area (TPSA) is 72.7 Å². The average molecular weight is 386 g/mol. The first-order valence-corrected chi connectivity index (χ1v) is 10.3. The molecule has 0 saturated heterocycles. The van der Waals surface area contributed by atoms with Crippen molar-refractivity contribution in [3.05, 3.63) is 54.1 Å². The van der Waals surface area contributed by atoms with Crippen LogP contribution in [-0.2, 0) is 4.79 Å². The Morgan fingerprint density at radius 1 is 1.15 bits per heavy atom. The van der Waals surface area contributed by atoms with Gasteiger partial charge in [0.15, 0.2) is 0 Å². The normalized spacial score (nSPS) is 10.7. The zero-order chi connectivity index (χ0) is 18.4. The fourth-order valence-corrected chi connectivity index (χ4v) is 3.69. The Balaban J connectivity index is 1.56. The van der Waals surface area contributed by atoms with Gasteiger partial charge in [0.05, 0.1) is 11.4 Å². The average Bonchev–Trinajstić information content (AvgIpc) is 3.11. The molecule has 1 amide bonds. The summed E-state index contributed by atoms with van der Waals surface area (Å²) >= 11 is 3.07. The third kappa shape index (κ3) is 4.64. The first-order valence-electron chi connectivity index (χ1n) is 8.08. The summed E-state index contributed by atoms with van der Waals surface area (Å²) in [5.41, 5.74) is 2.93. The van der Waals surface area contributed by atoms with E-state index in [1.54, 1.807) is 16.4 Å². The molecule has 134 valence electrons. The van der Waals surface area contributed by atoms with Crippen LogP contribution in [0.5, 0.6) is 0 Å². The molecule has 0 fully saturated rings. The third-order valence-corrected chi connectivity index (χ3v) is 5.38. The molecular formula is C18H19N5OS2. The van der Waals surface area contributed by atoms with Crippen molar-refractivity contribution in [3.63, 3.8) is 0 Å². The minimum Gasteiger partial charge on any atom is -0.325 e. The molecule has 1 heterocycles. The highest BCUT2D eigenvalue weighted by molar-refractivity contribution is 7.99. The smallest absolute Gasteiger partial charge is 0.225 e. The Morgan fingerprint density at radius 3 is 2.69 bits per heavy atom. The quantitative estimate of drug-likeness (QED) is 0.624. The minimum atomic E-state index is -0.0200. The van der Waals surface area contributed by atoms with Crippen molar-refractivity contribution in [2.45, 2.75) is 23.4 Å². The highest BCUT2D eigenvalue weighted by Crippen LogP contribution is 2.25. The molecular weight excluding hydrogens is 366 g/mol. The van der Waals surface area contributed by atoms with E-state index in [9.17, 15) is 4.79 Å². The second kappa shape index (κ2) is 8.86. The van der Waals surface area contributed by atoms with Gasteiger partial charge in [-0.2, -0.15) is 4.68 Å². The van der Waals surface area contributed by atoms with Crippen LogP contribution in [0.1, 0.15) is 12.0 Å². The van der Waals surface area contributed by atoms with Crippen LogP contribution < -0.4 is 5.32 Å². The van der Waals surface area contributed by atoms with Gasteiger partial charge in [-0.3, -0.25) is 4.79 Å². The maximum Gasteiger partial charge on any atom is 0.225 e. The largest absolute Gasteiger partial charge is 0.325 e. The third-order valence-electron chi connectivity index (χ3n) is 3.66. The van der Waals surface area contributed by atoms with E-state index in [1.807, 2.05) is 61.7 Å². The van der Waals surface area contributed by atoms with E-state index in [-0.39, 0.29) is 5.91 Å². The van der Waals surface area contributed by atoms with Crippen molar-refractivity contribution < 1.29 is 4.79 Å². The second-order valence-corrected chi connectivity index (χ2v) is 7.47. The maximum atomic E-state index is 12.2. The lowest BCUT2D eigenvalue weighted by Crippen LogP contribution is -2.13. The summed E-state index contributed by atoms with van der Waals surface area (Å²) in [5.74, 6) is 0.577. The van der Waals surface area contributed by atoms with Crippen molar-refractivity contribution in [1.29, 1.82) is 0 Å². The SMILES string of the molecule is CSc1ccccc1NC(=O)CCSc1nnnn1-c1ccc(C)cc1. The van der Waals surface area contributed by atoms with Gasteiger partial charge in [-0.1, -0.05) is 41.6 Å². The minimum absolute atomic E-state index is 0.0200. The number of benzene rings is 2. The molecule has 1 aromatic heterocycles. The Morgan fingerprint density at radius 2 is 1.92 bits per heavy atom. The van der Waals surface area contributed by atoms with Crippen LogP contribution in [0.3, 0.4) is 0 Å². The number of anilines is 1. The van der Waals surface area contributed by atoms with Crippen molar-refractivity contribution in [3.8, 4) is 5.69 Å². The van der Waals surface area contributed by atoms with E-state index in [2.05, 4.69) is 20.8 Å². The number of thioether (sulfide) groups is 2. The first-order chi connectivity index (χ1) is 12.7. The van der Waals surface area contributed by atoms with E-state index in [1.165, 1.54) is 17.3 Å².